The van der Waals surface area contributed by atoms with Gasteiger partial charge in [0.15, 0.2) is 6.10 Å². The fourth-order valence-electron chi connectivity index (χ4n) is 1.81. The van der Waals surface area contributed by atoms with Crippen LogP contribution in [0.25, 0.3) is 0 Å². The molecule has 5 heteroatoms. The van der Waals surface area contributed by atoms with Crippen LogP contribution in [0.3, 0.4) is 0 Å². The van der Waals surface area contributed by atoms with E-state index in [0.29, 0.717) is 11.3 Å². The lowest BCUT2D eigenvalue weighted by molar-refractivity contribution is -0.122. The quantitative estimate of drug-likeness (QED) is 0.889. The van der Waals surface area contributed by atoms with Crippen molar-refractivity contribution in [2.45, 2.75) is 19.6 Å². The van der Waals surface area contributed by atoms with Gasteiger partial charge < -0.3 is 15.2 Å². The Bertz CT molecular complexity index is 630. The first-order valence-electron chi connectivity index (χ1n) is 6.52. The highest BCUT2D eigenvalue weighted by Gasteiger charge is 2.16. The van der Waals surface area contributed by atoms with Gasteiger partial charge in [-0.05, 0) is 25.1 Å². The van der Waals surface area contributed by atoms with Gasteiger partial charge in [-0.3, -0.25) is 4.79 Å². The minimum absolute atomic E-state index is 0.171. The van der Waals surface area contributed by atoms with E-state index in [1.54, 1.807) is 37.3 Å². The van der Waals surface area contributed by atoms with Crippen molar-refractivity contribution in [3.63, 3.8) is 0 Å². The summed E-state index contributed by atoms with van der Waals surface area (Å²) >= 11 is 0. The van der Waals surface area contributed by atoms with E-state index in [0.717, 1.165) is 0 Å². The Morgan fingerprint density at radius 2 is 2.05 bits per heavy atom. The Labute approximate surface area is 122 Å². The summed E-state index contributed by atoms with van der Waals surface area (Å²) in [6, 6.07) is 12.5. The van der Waals surface area contributed by atoms with Crippen molar-refractivity contribution in [2.24, 2.45) is 0 Å². The van der Waals surface area contributed by atoms with Crippen LogP contribution in [-0.4, -0.2) is 17.1 Å². The number of halogens is 1. The van der Waals surface area contributed by atoms with Crippen molar-refractivity contribution >= 4 is 11.6 Å². The van der Waals surface area contributed by atoms with Gasteiger partial charge in [0.2, 0.25) is 0 Å². The molecular weight excluding hydrogens is 273 g/mol. The molecule has 0 aromatic heterocycles. The summed E-state index contributed by atoms with van der Waals surface area (Å²) in [5.74, 6) is -0.515. The van der Waals surface area contributed by atoms with E-state index < -0.39 is 11.9 Å². The van der Waals surface area contributed by atoms with Gasteiger partial charge in [-0.25, -0.2) is 4.39 Å². The van der Waals surface area contributed by atoms with Crippen LogP contribution in [0.5, 0.6) is 5.75 Å². The lowest BCUT2D eigenvalue weighted by Gasteiger charge is -2.16. The van der Waals surface area contributed by atoms with E-state index in [-0.39, 0.29) is 18.3 Å². The van der Waals surface area contributed by atoms with Crippen molar-refractivity contribution in [3.8, 4) is 5.75 Å². The minimum atomic E-state index is -0.793. The number of nitrogens with one attached hydrogen (secondary N) is 1. The van der Waals surface area contributed by atoms with E-state index >= 15 is 0 Å². The van der Waals surface area contributed by atoms with Gasteiger partial charge in [-0.2, -0.15) is 0 Å². The van der Waals surface area contributed by atoms with E-state index in [2.05, 4.69) is 5.32 Å². The maximum Gasteiger partial charge on any atom is 0.265 e. The molecule has 2 aromatic rings. The van der Waals surface area contributed by atoms with Crippen LogP contribution in [-0.2, 0) is 11.4 Å². The monoisotopic (exact) mass is 289 g/mol. The third kappa shape index (κ3) is 4.03. The average molecular weight is 289 g/mol. The summed E-state index contributed by atoms with van der Waals surface area (Å²) in [6.45, 7) is 1.40. The third-order valence-corrected chi connectivity index (χ3v) is 2.92. The Morgan fingerprint density at radius 3 is 2.76 bits per heavy atom. The summed E-state index contributed by atoms with van der Waals surface area (Å²) in [5.41, 5.74) is 1.14. The molecule has 0 saturated carbocycles. The van der Waals surface area contributed by atoms with Gasteiger partial charge in [0, 0.05) is 17.3 Å². The van der Waals surface area contributed by atoms with Crippen LogP contribution < -0.4 is 10.1 Å². The molecule has 4 nitrogen and oxygen atoms in total. The molecule has 0 aliphatic carbocycles. The summed E-state index contributed by atoms with van der Waals surface area (Å²) in [5, 5.41) is 11.9. The largest absolute Gasteiger partial charge is 0.481 e. The molecule has 0 fully saturated rings. The molecule has 0 aliphatic rings. The van der Waals surface area contributed by atoms with Crippen molar-refractivity contribution < 1.29 is 19.0 Å². The molecule has 0 heterocycles. The highest BCUT2D eigenvalue weighted by molar-refractivity contribution is 5.94. The van der Waals surface area contributed by atoms with E-state index in [9.17, 15) is 14.3 Å². The third-order valence-electron chi connectivity index (χ3n) is 2.92. The molecule has 0 spiro atoms. The lowest BCUT2D eigenvalue weighted by Crippen LogP contribution is -2.30. The summed E-state index contributed by atoms with van der Waals surface area (Å²) in [4.78, 5) is 12.1. The highest BCUT2D eigenvalue weighted by Crippen LogP contribution is 2.17. The van der Waals surface area contributed by atoms with Crippen LogP contribution in [0.1, 0.15) is 12.5 Å². The van der Waals surface area contributed by atoms with Gasteiger partial charge in [-0.1, -0.05) is 24.3 Å². The molecular formula is C16H16FNO3. The van der Waals surface area contributed by atoms with Crippen molar-refractivity contribution in [1.82, 2.24) is 0 Å². The number of hydrogen-bond acceptors (Lipinski definition) is 3. The zero-order chi connectivity index (χ0) is 15.2. The number of anilines is 1. The van der Waals surface area contributed by atoms with Crippen LogP contribution in [0.4, 0.5) is 10.1 Å². The number of rotatable bonds is 5. The number of benzene rings is 2. The van der Waals surface area contributed by atoms with Crippen LogP contribution in [0.15, 0.2) is 48.5 Å². The molecule has 0 aliphatic heterocycles. The van der Waals surface area contributed by atoms with Gasteiger partial charge in [0.25, 0.3) is 5.91 Å². The summed E-state index contributed by atoms with van der Waals surface area (Å²) in [6.07, 6.45) is -0.793. The smallest absolute Gasteiger partial charge is 0.265 e. The van der Waals surface area contributed by atoms with E-state index in [1.165, 1.54) is 18.2 Å². The van der Waals surface area contributed by atoms with Gasteiger partial charge >= 0.3 is 0 Å². The van der Waals surface area contributed by atoms with Gasteiger partial charge in [0.05, 0.1) is 6.61 Å². The molecule has 2 aromatic carbocycles. The number of hydrogen-bond donors (Lipinski definition) is 2. The molecule has 1 unspecified atom stereocenters. The number of amides is 1. The molecule has 21 heavy (non-hydrogen) atoms. The molecule has 1 amide bonds. The number of aliphatic hydroxyl groups is 1. The van der Waals surface area contributed by atoms with Crippen LogP contribution in [0.2, 0.25) is 0 Å². The van der Waals surface area contributed by atoms with Crippen LogP contribution in [0, 0.1) is 5.82 Å². The topological polar surface area (TPSA) is 58.6 Å². The second-order valence-electron chi connectivity index (χ2n) is 4.52. The molecule has 0 bridgehead atoms. The fraction of sp³-hybridized carbons (Fsp3) is 0.188. The van der Waals surface area contributed by atoms with Gasteiger partial charge in [-0.15, -0.1) is 0 Å². The summed E-state index contributed by atoms with van der Waals surface area (Å²) in [7, 11) is 0. The molecule has 0 radical (unpaired) electrons. The zero-order valence-corrected chi connectivity index (χ0v) is 11.5. The molecule has 2 N–H and O–H groups in total. The maximum atomic E-state index is 13.1. The standard InChI is InChI=1S/C16H16FNO3/c1-11(21-14-7-4-6-13(17)9-14)16(20)18-15-8-3-2-5-12(15)10-19/h2-9,11,19H,10H2,1H3,(H,18,20). The lowest BCUT2D eigenvalue weighted by atomic mass is 10.2. The van der Waals surface area contributed by atoms with Crippen LogP contribution >= 0.6 is 0 Å². The van der Waals surface area contributed by atoms with Gasteiger partial charge in [0.1, 0.15) is 11.6 Å². The fourth-order valence-corrected chi connectivity index (χ4v) is 1.81. The minimum Gasteiger partial charge on any atom is -0.481 e. The Hall–Kier alpha value is -2.40. The molecule has 2 rings (SSSR count). The number of carbonyl (C=O) groups excluding carboxylic acids is 1. The number of carbonyl (C=O) groups is 1. The van der Waals surface area contributed by atoms with Crippen molar-refractivity contribution in [2.75, 3.05) is 5.32 Å². The Morgan fingerprint density at radius 1 is 1.29 bits per heavy atom. The van der Waals surface area contributed by atoms with E-state index in [4.69, 9.17) is 4.74 Å². The normalized spacial score (nSPS) is 11.8. The predicted molar refractivity (Wildman–Crippen MR) is 77.5 cm³/mol. The van der Waals surface area contributed by atoms with Crippen molar-refractivity contribution in [1.29, 1.82) is 0 Å². The van der Waals surface area contributed by atoms with E-state index in [1.807, 2.05) is 0 Å². The maximum absolute atomic E-state index is 13.1. The SMILES string of the molecule is CC(Oc1cccc(F)c1)C(=O)Nc1ccccc1CO. The number of ether oxygens (including phenoxy) is 1. The molecule has 1 atom stereocenters. The first-order valence-corrected chi connectivity index (χ1v) is 6.52. The zero-order valence-electron chi connectivity index (χ0n) is 11.5. The highest BCUT2D eigenvalue weighted by atomic mass is 19.1. The summed E-state index contributed by atoms with van der Waals surface area (Å²) < 4.78 is 18.4. The number of para-hydroxylation sites is 1. The predicted octanol–water partition coefficient (Wildman–Crippen LogP) is 2.72. The average Bonchev–Trinajstić information content (AvgIpc) is 2.47. The second-order valence-corrected chi connectivity index (χ2v) is 4.52. The first kappa shape index (κ1) is 15.0. The Balaban J connectivity index is 2.02. The second kappa shape index (κ2) is 6.85. The molecule has 0 saturated heterocycles. The molecule has 110 valence electrons. The van der Waals surface area contributed by atoms with Crippen molar-refractivity contribution in [3.05, 3.63) is 59.9 Å². The Kier molecular flexibility index (Phi) is 4.90. The number of aliphatic hydroxyl groups excluding tert-OH is 1. The first-order chi connectivity index (χ1) is 10.1.